The normalized spacial score (nSPS) is 12.2. The largest absolute Gasteiger partial charge is 0.496 e. The Balaban J connectivity index is 0.00000676. The zero-order valence-electron chi connectivity index (χ0n) is 17.1. The third kappa shape index (κ3) is 12.4. The van der Waals surface area contributed by atoms with Gasteiger partial charge in [0.05, 0.1) is 7.11 Å². The molecule has 2 N–H and O–H groups in total. The van der Waals surface area contributed by atoms with Crippen molar-refractivity contribution in [3.8, 4) is 5.75 Å². The SMILES string of the molecule is CCNC(=NCC(C)CSc1ccccc1OC)NCCCCOCC.I. The summed E-state index contributed by atoms with van der Waals surface area (Å²) in [7, 11) is 1.72. The molecule has 0 aliphatic rings. The fourth-order valence-corrected chi connectivity index (χ4v) is 3.33. The van der Waals surface area contributed by atoms with Gasteiger partial charge in [0.15, 0.2) is 5.96 Å². The molecule has 0 radical (unpaired) electrons. The van der Waals surface area contributed by atoms with E-state index < -0.39 is 0 Å². The molecule has 1 aromatic rings. The molecule has 1 unspecified atom stereocenters. The average molecular weight is 509 g/mol. The summed E-state index contributed by atoms with van der Waals surface area (Å²) in [5.41, 5.74) is 0. The monoisotopic (exact) mass is 509 g/mol. The number of guanidine groups is 1. The number of unbranched alkanes of at least 4 members (excludes halogenated alkanes) is 1. The maximum absolute atomic E-state index is 5.41. The van der Waals surface area contributed by atoms with Crippen LogP contribution in [0.15, 0.2) is 34.2 Å². The van der Waals surface area contributed by atoms with E-state index in [-0.39, 0.29) is 24.0 Å². The number of nitrogens with zero attached hydrogens (tertiary/aromatic N) is 1. The van der Waals surface area contributed by atoms with Gasteiger partial charge in [-0.3, -0.25) is 4.99 Å². The molecule has 5 nitrogen and oxygen atoms in total. The van der Waals surface area contributed by atoms with E-state index in [1.807, 2.05) is 36.9 Å². The van der Waals surface area contributed by atoms with Gasteiger partial charge in [-0.15, -0.1) is 35.7 Å². The summed E-state index contributed by atoms with van der Waals surface area (Å²) in [6, 6.07) is 8.16. The highest BCUT2D eigenvalue weighted by Crippen LogP contribution is 2.29. The van der Waals surface area contributed by atoms with E-state index >= 15 is 0 Å². The molecule has 1 aromatic carbocycles. The fourth-order valence-electron chi connectivity index (χ4n) is 2.29. The van der Waals surface area contributed by atoms with Gasteiger partial charge in [-0.05, 0) is 44.7 Å². The van der Waals surface area contributed by atoms with Gasteiger partial charge in [0.25, 0.3) is 0 Å². The van der Waals surface area contributed by atoms with Crippen molar-refractivity contribution < 1.29 is 9.47 Å². The van der Waals surface area contributed by atoms with Crippen LogP contribution in [0.2, 0.25) is 0 Å². The van der Waals surface area contributed by atoms with E-state index in [0.717, 1.165) is 63.2 Å². The van der Waals surface area contributed by atoms with Gasteiger partial charge in [-0.25, -0.2) is 0 Å². The van der Waals surface area contributed by atoms with E-state index in [4.69, 9.17) is 14.5 Å². The third-order valence-corrected chi connectivity index (χ3v) is 5.09. The molecule has 27 heavy (non-hydrogen) atoms. The lowest BCUT2D eigenvalue weighted by atomic mass is 10.2. The van der Waals surface area contributed by atoms with Crippen LogP contribution in [0.5, 0.6) is 5.75 Å². The van der Waals surface area contributed by atoms with Gasteiger partial charge in [-0.2, -0.15) is 0 Å². The highest BCUT2D eigenvalue weighted by molar-refractivity contribution is 14.0. The van der Waals surface area contributed by atoms with Crippen molar-refractivity contribution in [3.63, 3.8) is 0 Å². The smallest absolute Gasteiger partial charge is 0.191 e. The fraction of sp³-hybridized carbons (Fsp3) is 0.650. The molecular formula is C20H36IN3O2S. The van der Waals surface area contributed by atoms with Gasteiger partial charge >= 0.3 is 0 Å². The lowest BCUT2D eigenvalue weighted by molar-refractivity contribution is 0.143. The van der Waals surface area contributed by atoms with Crippen LogP contribution in [0.25, 0.3) is 0 Å². The van der Waals surface area contributed by atoms with Crippen molar-refractivity contribution in [2.45, 2.75) is 38.5 Å². The second-order valence-corrected chi connectivity index (χ2v) is 7.18. The van der Waals surface area contributed by atoms with E-state index in [9.17, 15) is 0 Å². The van der Waals surface area contributed by atoms with Crippen LogP contribution in [-0.4, -0.2) is 51.7 Å². The van der Waals surface area contributed by atoms with Crippen LogP contribution in [0, 0.1) is 5.92 Å². The maximum Gasteiger partial charge on any atom is 0.191 e. The van der Waals surface area contributed by atoms with Crippen molar-refractivity contribution in [3.05, 3.63) is 24.3 Å². The third-order valence-electron chi connectivity index (χ3n) is 3.71. The van der Waals surface area contributed by atoms with Gasteiger partial charge in [0.2, 0.25) is 0 Å². The molecular weight excluding hydrogens is 473 g/mol. The van der Waals surface area contributed by atoms with Crippen LogP contribution >= 0.6 is 35.7 Å². The molecule has 0 heterocycles. The van der Waals surface area contributed by atoms with E-state index in [1.54, 1.807) is 7.11 Å². The van der Waals surface area contributed by atoms with Gasteiger partial charge in [-0.1, -0.05) is 19.1 Å². The van der Waals surface area contributed by atoms with Gasteiger partial charge in [0, 0.05) is 43.5 Å². The Hall–Kier alpha value is -0.670. The minimum absolute atomic E-state index is 0. The lowest BCUT2D eigenvalue weighted by Gasteiger charge is -2.14. The van der Waals surface area contributed by atoms with Crippen LogP contribution in [0.4, 0.5) is 0 Å². The first-order valence-corrected chi connectivity index (χ1v) is 10.6. The number of methoxy groups -OCH3 is 1. The van der Waals surface area contributed by atoms with Crippen LogP contribution in [0.3, 0.4) is 0 Å². The molecule has 0 bridgehead atoms. The summed E-state index contributed by atoms with van der Waals surface area (Å²) in [5.74, 6) is 3.34. The molecule has 1 rings (SSSR count). The molecule has 7 heteroatoms. The number of para-hydroxylation sites is 1. The Bertz CT molecular complexity index is 518. The van der Waals surface area contributed by atoms with Crippen molar-refractivity contribution in [1.82, 2.24) is 10.6 Å². The van der Waals surface area contributed by atoms with Crippen LogP contribution < -0.4 is 15.4 Å². The number of thioether (sulfide) groups is 1. The highest BCUT2D eigenvalue weighted by Gasteiger charge is 2.07. The maximum atomic E-state index is 5.41. The van der Waals surface area contributed by atoms with E-state index in [2.05, 4.69) is 30.5 Å². The molecule has 0 aliphatic carbocycles. The van der Waals surface area contributed by atoms with Crippen LogP contribution in [0.1, 0.15) is 33.6 Å². The standard InChI is InChI=1S/C20H35N3O2S.HI/c1-5-21-20(22-13-9-10-14-25-6-2)23-15-17(3)16-26-19-12-8-7-11-18(19)24-4;/h7-8,11-12,17H,5-6,9-10,13-16H2,1-4H3,(H2,21,22,23);1H. The summed E-state index contributed by atoms with van der Waals surface area (Å²) in [6.45, 7) is 10.6. The second kappa shape index (κ2) is 17.4. The first-order chi connectivity index (χ1) is 12.7. The van der Waals surface area contributed by atoms with Crippen molar-refractivity contribution in [1.29, 1.82) is 0 Å². The molecule has 156 valence electrons. The quantitative estimate of drug-likeness (QED) is 0.136. The summed E-state index contributed by atoms with van der Waals surface area (Å²) >= 11 is 1.82. The molecule has 0 saturated heterocycles. The summed E-state index contributed by atoms with van der Waals surface area (Å²) < 4.78 is 10.8. The van der Waals surface area contributed by atoms with Gasteiger partial charge < -0.3 is 20.1 Å². The average Bonchev–Trinajstić information content (AvgIpc) is 2.67. The Kier molecular flexibility index (Phi) is 17.0. The molecule has 0 aromatic heterocycles. The molecule has 0 aliphatic heterocycles. The predicted octanol–water partition coefficient (Wildman–Crippen LogP) is 4.41. The van der Waals surface area contributed by atoms with Crippen molar-refractivity contribution in [2.24, 2.45) is 10.9 Å². The minimum atomic E-state index is 0. The van der Waals surface area contributed by atoms with Crippen molar-refractivity contribution in [2.75, 3.05) is 45.7 Å². The van der Waals surface area contributed by atoms with E-state index in [1.165, 1.54) is 4.90 Å². The highest BCUT2D eigenvalue weighted by atomic mass is 127. The number of ether oxygens (including phenoxy) is 2. The molecule has 0 saturated carbocycles. The molecule has 0 amide bonds. The lowest BCUT2D eigenvalue weighted by Crippen LogP contribution is -2.38. The number of rotatable bonds is 13. The minimum Gasteiger partial charge on any atom is -0.496 e. The number of hydrogen-bond donors (Lipinski definition) is 2. The zero-order chi connectivity index (χ0) is 19.0. The summed E-state index contributed by atoms with van der Waals surface area (Å²) in [5, 5.41) is 6.71. The predicted molar refractivity (Wildman–Crippen MR) is 128 cm³/mol. The zero-order valence-corrected chi connectivity index (χ0v) is 20.3. The first-order valence-electron chi connectivity index (χ1n) is 9.56. The Morgan fingerprint density at radius 3 is 2.67 bits per heavy atom. The molecule has 0 fully saturated rings. The molecule has 1 atom stereocenters. The first kappa shape index (κ1) is 26.3. The number of aliphatic imine (C=N–C) groups is 1. The molecule has 0 spiro atoms. The number of nitrogens with one attached hydrogen (secondary N) is 2. The Morgan fingerprint density at radius 1 is 1.19 bits per heavy atom. The second-order valence-electron chi connectivity index (χ2n) is 6.12. The van der Waals surface area contributed by atoms with E-state index in [0.29, 0.717) is 5.92 Å². The van der Waals surface area contributed by atoms with Crippen molar-refractivity contribution >= 4 is 41.7 Å². The summed E-state index contributed by atoms with van der Waals surface area (Å²) in [4.78, 5) is 5.91. The number of halogens is 1. The number of benzene rings is 1. The Morgan fingerprint density at radius 2 is 1.96 bits per heavy atom. The summed E-state index contributed by atoms with van der Waals surface area (Å²) in [6.07, 6.45) is 2.16. The topological polar surface area (TPSA) is 54.9 Å². The Labute approximate surface area is 186 Å². The number of hydrogen-bond acceptors (Lipinski definition) is 4. The van der Waals surface area contributed by atoms with Gasteiger partial charge in [0.1, 0.15) is 5.75 Å². The van der Waals surface area contributed by atoms with Crippen LogP contribution in [-0.2, 0) is 4.74 Å².